The van der Waals surface area contributed by atoms with Crippen LogP contribution in [-0.2, 0) is 17.8 Å². The molecule has 1 fully saturated rings. The lowest BCUT2D eigenvalue weighted by Crippen LogP contribution is -2.60. The molecule has 2 aliphatic heterocycles. The van der Waals surface area contributed by atoms with Crippen LogP contribution in [0.1, 0.15) is 31.9 Å². The maximum absolute atomic E-state index is 11.9. The average molecular weight is 395 g/mol. The summed E-state index contributed by atoms with van der Waals surface area (Å²) in [5.74, 6) is 1.65. The first kappa shape index (κ1) is 19.8. The largest absolute Gasteiger partial charge is 0.493 e. The Labute approximate surface area is 173 Å². The molecule has 0 unspecified atom stereocenters. The van der Waals surface area contributed by atoms with Crippen molar-refractivity contribution in [2.75, 3.05) is 26.3 Å². The standard InChI is InChI=1S/C24H30N2O3/c1-23(2,3)25-22(27)14-28-20-10-8-18(9-11-20)13-26-15-24(16-26)12-19-6-4-5-7-21(19)29-17-24/h4-11H,12-17H2,1-3H3,(H,25,27). The Balaban J connectivity index is 1.24. The second-order valence-corrected chi connectivity index (χ2v) is 9.45. The van der Waals surface area contributed by atoms with Gasteiger partial charge in [-0.15, -0.1) is 0 Å². The molecule has 0 aromatic heterocycles. The molecule has 1 spiro atoms. The average Bonchev–Trinajstić information content (AvgIpc) is 2.65. The van der Waals surface area contributed by atoms with Crippen molar-refractivity contribution in [2.24, 2.45) is 5.41 Å². The monoisotopic (exact) mass is 394 g/mol. The predicted octanol–water partition coefficient (Wildman–Crippen LogP) is 3.42. The van der Waals surface area contributed by atoms with Gasteiger partial charge in [0.2, 0.25) is 0 Å². The highest BCUT2D eigenvalue weighted by Crippen LogP contribution is 2.41. The highest BCUT2D eigenvalue weighted by molar-refractivity contribution is 5.78. The van der Waals surface area contributed by atoms with E-state index in [9.17, 15) is 4.79 Å². The zero-order valence-electron chi connectivity index (χ0n) is 17.5. The van der Waals surface area contributed by atoms with Gasteiger partial charge >= 0.3 is 0 Å². The minimum Gasteiger partial charge on any atom is -0.493 e. The van der Waals surface area contributed by atoms with Crippen LogP contribution >= 0.6 is 0 Å². The maximum atomic E-state index is 11.9. The fraction of sp³-hybridized carbons (Fsp3) is 0.458. The molecule has 2 aliphatic rings. The molecule has 0 aliphatic carbocycles. The highest BCUT2D eigenvalue weighted by atomic mass is 16.5. The number of likely N-dealkylation sites (tertiary alicyclic amines) is 1. The third kappa shape index (κ3) is 4.91. The summed E-state index contributed by atoms with van der Waals surface area (Å²) in [4.78, 5) is 14.3. The fourth-order valence-corrected chi connectivity index (χ4v) is 4.25. The van der Waals surface area contributed by atoms with Crippen LogP contribution in [0.15, 0.2) is 48.5 Å². The van der Waals surface area contributed by atoms with Crippen LogP contribution in [0.5, 0.6) is 11.5 Å². The second kappa shape index (κ2) is 7.71. The van der Waals surface area contributed by atoms with Gasteiger partial charge in [-0.1, -0.05) is 30.3 Å². The van der Waals surface area contributed by atoms with Gasteiger partial charge in [0.1, 0.15) is 11.5 Å². The van der Waals surface area contributed by atoms with E-state index in [0.29, 0.717) is 0 Å². The molecule has 0 radical (unpaired) electrons. The van der Waals surface area contributed by atoms with Crippen molar-refractivity contribution in [1.82, 2.24) is 10.2 Å². The predicted molar refractivity (Wildman–Crippen MR) is 113 cm³/mol. The molecule has 4 rings (SSSR count). The number of ether oxygens (including phenoxy) is 2. The van der Waals surface area contributed by atoms with E-state index in [1.165, 1.54) is 11.1 Å². The number of nitrogens with one attached hydrogen (secondary N) is 1. The molecule has 154 valence electrons. The lowest BCUT2D eigenvalue weighted by atomic mass is 9.74. The highest BCUT2D eigenvalue weighted by Gasteiger charge is 2.45. The third-order valence-electron chi connectivity index (χ3n) is 5.40. The van der Waals surface area contributed by atoms with Crippen molar-refractivity contribution < 1.29 is 14.3 Å². The topological polar surface area (TPSA) is 50.8 Å². The Bertz CT molecular complexity index is 864. The quantitative estimate of drug-likeness (QED) is 0.844. The number of amides is 1. The number of benzene rings is 2. The van der Waals surface area contributed by atoms with Crippen LogP contribution in [0, 0.1) is 5.41 Å². The first-order valence-corrected chi connectivity index (χ1v) is 10.3. The molecule has 1 N–H and O–H groups in total. The molecule has 1 amide bonds. The van der Waals surface area contributed by atoms with Crippen molar-refractivity contribution in [3.8, 4) is 11.5 Å². The van der Waals surface area contributed by atoms with E-state index in [1.54, 1.807) is 0 Å². The number of nitrogens with zero attached hydrogens (tertiary/aromatic N) is 1. The Kier molecular flexibility index (Phi) is 5.26. The molecular weight excluding hydrogens is 364 g/mol. The minimum atomic E-state index is -0.246. The number of rotatable bonds is 5. The third-order valence-corrected chi connectivity index (χ3v) is 5.40. The Morgan fingerprint density at radius 3 is 2.59 bits per heavy atom. The molecule has 2 aromatic rings. The van der Waals surface area contributed by atoms with Gasteiger partial charge in [-0.05, 0) is 56.5 Å². The van der Waals surface area contributed by atoms with Crippen LogP contribution in [-0.4, -0.2) is 42.6 Å². The normalized spacial score (nSPS) is 17.8. The van der Waals surface area contributed by atoms with Gasteiger partial charge < -0.3 is 14.8 Å². The summed E-state index contributed by atoms with van der Waals surface area (Å²) in [6.45, 7) is 9.76. The molecule has 2 aromatic carbocycles. The molecule has 1 saturated heterocycles. The maximum Gasteiger partial charge on any atom is 0.258 e. The Morgan fingerprint density at radius 1 is 1.14 bits per heavy atom. The first-order chi connectivity index (χ1) is 13.8. The number of carbonyl (C=O) groups is 1. The summed E-state index contributed by atoms with van der Waals surface area (Å²) in [7, 11) is 0. The van der Waals surface area contributed by atoms with E-state index in [1.807, 2.05) is 39.0 Å². The van der Waals surface area contributed by atoms with Gasteiger partial charge in [-0.2, -0.15) is 0 Å². The van der Waals surface area contributed by atoms with Crippen molar-refractivity contribution in [3.05, 3.63) is 59.7 Å². The van der Waals surface area contributed by atoms with Crippen LogP contribution < -0.4 is 14.8 Å². The van der Waals surface area contributed by atoms with Crippen LogP contribution in [0.3, 0.4) is 0 Å². The minimum absolute atomic E-state index is 0.0345. The SMILES string of the molecule is CC(C)(C)NC(=O)COc1ccc(CN2CC3(COc4ccccc4C3)C2)cc1. The van der Waals surface area contributed by atoms with Crippen LogP contribution in [0.25, 0.3) is 0 Å². The number of para-hydroxylation sites is 1. The van der Waals surface area contributed by atoms with Crippen molar-refractivity contribution in [2.45, 2.75) is 39.3 Å². The molecule has 2 heterocycles. The van der Waals surface area contributed by atoms with Crippen LogP contribution in [0.4, 0.5) is 0 Å². The number of fused-ring (bicyclic) bond motifs is 1. The summed E-state index contributed by atoms with van der Waals surface area (Å²) in [5.41, 5.74) is 2.60. The number of hydrogen-bond acceptors (Lipinski definition) is 4. The Morgan fingerprint density at radius 2 is 1.86 bits per heavy atom. The van der Waals surface area contributed by atoms with Gasteiger partial charge in [-0.3, -0.25) is 9.69 Å². The fourth-order valence-electron chi connectivity index (χ4n) is 4.25. The second-order valence-electron chi connectivity index (χ2n) is 9.45. The zero-order chi connectivity index (χ0) is 20.5. The molecule has 0 atom stereocenters. The van der Waals surface area contributed by atoms with E-state index >= 15 is 0 Å². The molecule has 29 heavy (non-hydrogen) atoms. The van der Waals surface area contributed by atoms with Gasteiger partial charge in [-0.25, -0.2) is 0 Å². The van der Waals surface area contributed by atoms with Crippen molar-refractivity contribution in [1.29, 1.82) is 0 Å². The molecule has 0 saturated carbocycles. The van der Waals surface area contributed by atoms with E-state index < -0.39 is 0 Å². The molecule has 5 nitrogen and oxygen atoms in total. The summed E-state index contributed by atoms with van der Waals surface area (Å²) >= 11 is 0. The first-order valence-electron chi connectivity index (χ1n) is 10.3. The van der Waals surface area contributed by atoms with Crippen molar-refractivity contribution >= 4 is 5.91 Å². The zero-order valence-corrected chi connectivity index (χ0v) is 17.5. The van der Waals surface area contributed by atoms with Gasteiger partial charge in [0.25, 0.3) is 5.91 Å². The lowest BCUT2D eigenvalue weighted by Gasteiger charge is -2.52. The smallest absolute Gasteiger partial charge is 0.258 e. The van der Waals surface area contributed by atoms with Crippen molar-refractivity contribution in [3.63, 3.8) is 0 Å². The van der Waals surface area contributed by atoms with E-state index in [-0.39, 0.29) is 23.5 Å². The van der Waals surface area contributed by atoms with E-state index in [2.05, 4.69) is 40.5 Å². The molecule has 0 bridgehead atoms. The Hall–Kier alpha value is -2.53. The summed E-state index contributed by atoms with van der Waals surface area (Å²) in [6, 6.07) is 16.4. The summed E-state index contributed by atoms with van der Waals surface area (Å²) in [5, 5.41) is 2.90. The molecular formula is C24H30N2O3. The lowest BCUT2D eigenvalue weighted by molar-refractivity contribution is -0.124. The number of hydrogen-bond donors (Lipinski definition) is 1. The van der Waals surface area contributed by atoms with Gasteiger partial charge in [0, 0.05) is 30.6 Å². The summed E-state index contributed by atoms with van der Waals surface area (Å²) in [6.07, 6.45) is 1.10. The van der Waals surface area contributed by atoms with E-state index in [0.717, 1.165) is 44.2 Å². The molecule has 5 heteroatoms. The summed E-state index contributed by atoms with van der Waals surface area (Å²) < 4.78 is 11.6. The van der Waals surface area contributed by atoms with Gasteiger partial charge in [0.15, 0.2) is 6.61 Å². The number of carbonyl (C=O) groups excluding carboxylic acids is 1. The van der Waals surface area contributed by atoms with Gasteiger partial charge in [0.05, 0.1) is 6.61 Å². The van der Waals surface area contributed by atoms with E-state index in [4.69, 9.17) is 9.47 Å². The van der Waals surface area contributed by atoms with Crippen LogP contribution in [0.2, 0.25) is 0 Å².